The van der Waals surface area contributed by atoms with Crippen LogP contribution in [0.15, 0.2) is 67.3 Å². The van der Waals surface area contributed by atoms with Gasteiger partial charge in [0.25, 0.3) is 0 Å². The third kappa shape index (κ3) is 8.34. The van der Waals surface area contributed by atoms with E-state index in [1.54, 1.807) is 31.2 Å². The number of nitriles is 1. The summed E-state index contributed by atoms with van der Waals surface area (Å²) in [6.07, 6.45) is 8.92. The lowest BCUT2D eigenvalue weighted by atomic mass is 9.89. The van der Waals surface area contributed by atoms with Crippen LogP contribution in [0.25, 0.3) is 6.08 Å². The second kappa shape index (κ2) is 15.0. The molecule has 0 N–H and O–H groups in total. The zero-order valence-electron chi connectivity index (χ0n) is 23.4. The first-order valence-corrected chi connectivity index (χ1v) is 14.4. The molecule has 225 valence electrons. The van der Waals surface area contributed by atoms with E-state index in [0.29, 0.717) is 5.56 Å². The number of aromatic nitrogens is 3. The van der Waals surface area contributed by atoms with Gasteiger partial charge in [0.05, 0.1) is 36.6 Å². The number of carbonyl (C=O) groups is 1. The Morgan fingerprint density at radius 2 is 2.02 bits per heavy atom. The minimum absolute atomic E-state index is 0.00533. The summed E-state index contributed by atoms with van der Waals surface area (Å²) < 4.78 is 62.4. The highest BCUT2D eigenvalue weighted by Gasteiger charge is 2.46. The van der Waals surface area contributed by atoms with Crippen molar-refractivity contribution in [3.8, 4) is 6.07 Å². The number of carbonyl (C=O) groups excluding carboxylic acids is 1. The molecule has 1 aliphatic rings. The lowest BCUT2D eigenvalue weighted by Gasteiger charge is -2.40. The average molecular weight is 612 g/mol. The number of thioether (sulfide) groups is 1. The Labute approximate surface area is 252 Å². The van der Waals surface area contributed by atoms with Crippen molar-refractivity contribution < 1.29 is 32.2 Å². The molecule has 0 amide bonds. The second-order valence-corrected chi connectivity index (χ2v) is 11.4. The van der Waals surface area contributed by atoms with Crippen LogP contribution in [0.2, 0.25) is 0 Å². The molecule has 0 bridgehead atoms. The van der Waals surface area contributed by atoms with E-state index in [1.807, 2.05) is 6.07 Å². The predicted octanol–water partition coefficient (Wildman–Crippen LogP) is 5.75. The lowest BCUT2D eigenvalue weighted by Crippen LogP contribution is -2.47. The number of halogens is 3. The van der Waals surface area contributed by atoms with E-state index in [-0.39, 0.29) is 49.0 Å². The van der Waals surface area contributed by atoms with Gasteiger partial charge in [0.2, 0.25) is 0 Å². The van der Waals surface area contributed by atoms with Gasteiger partial charge in [-0.25, -0.2) is 22.8 Å². The molecule has 0 saturated carbocycles. The first-order chi connectivity index (χ1) is 20.7. The number of ether oxygens (including phenoxy) is 3. The number of allylic oxidation sites excluding steroid dienone is 2. The quantitative estimate of drug-likeness (QED) is 0.189. The molecule has 12 heteroatoms. The number of hydrogen-bond donors (Lipinski definition) is 0. The van der Waals surface area contributed by atoms with Crippen molar-refractivity contribution >= 4 is 23.8 Å². The Balaban J connectivity index is 1.47. The summed E-state index contributed by atoms with van der Waals surface area (Å²) >= 11 is 1.38. The van der Waals surface area contributed by atoms with E-state index in [0.717, 1.165) is 12.1 Å². The number of nitrogens with zero attached hydrogens (tertiary/aromatic N) is 4. The first kappa shape index (κ1) is 32.0. The van der Waals surface area contributed by atoms with Crippen molar-refractivity contribution in [3.05, 3.63) is 108 Å². The van der Waals surface area contributed by atoms with Crippen molar-refractivity contribution in [2.75, 3.05) is 13.2 Å². The lowest BCUT2D eigenvalue weighted by molar-refractivity contribution is -0.163. The fourth-order valence-corrected chi connectivity index (χ4v) is 5.88. The van der Waals surface area contributed by atoms with Gasteiger partial charge >= 0.3 is 5.97 Å². The molecule has 0 unspecified atom stereocenters. The Hall–Kier alpha value is -3.92. The Bertz CT molecular complexity index is 1490. The minimum Gasteiger partial charge on any atom is -0.451 e. The van der Waals surface area contributed by atoms with Gasteiger partial charge in [0.1, 0.15) is 30.1 Å². The summed E-state index contributed by atoms with van der Waals surface area (Å²) in [7, 11) is 0. The van der Waals surface area contributed by atoms with Gasteiger partial charge in [-0.15, -0.1) is 11.8 Å². The standard InChI is InChI=1S/C31H30F3N4O4S/c1-3-6-29(39)42-31(18-38-20-36-19-37-38,26-12-11-24(32)14-28(26)34)21(2)43-25-16-40-30(41-17-25)8-5-4-7-23-10-9-22(15-35)13-27(23)33/h4-5,7-14,19-21,25,30H,1,3,6,16-18H2,2H3/b7-4+,8-5+/t21-,25-,30-,31-/m1/s1. The van der Waals surface area contributed by atoms with Crippen molar-refractivity contribution in [2.45, 2.75) is 48.7 Å². The van der Waals surface area contributed by atoms with Gasteiger partial charge < -0.3 is 14.2 Å². The molecule has 0 spiro atoms. The van der Waals surface area contributed by atoms with Gasteiger partial charge in [-0.1, -0.05) is 31.2 Å². The molecule has 1 aromatic heterocycles. The number of benzene rings is 2. The van der Waals surface area contributed by atoms with E-state index < -0.39 is 40.6 Å². The van der Waals surface area contributed by atoms with E-state index in [9.17, 15) is 13.6 Å². The molecule has 4 rings (SSSR count). The molecule has 1 radical (unpaired) electrons. The van der Waals surface area contributed by atoms with Crippen LogP contribution < -0.4 is 0 Å². The highest BCUT2D eigenvalue weighted by Crippen LogP contribution is 2.42. The Morgan fingerprint density at radius 3 is 2.67 bits per heavy atom. The highest BCUT2D eigenvalue weighted by molar-refractivity contribution is 8.00. The largest absolute Gasteiger partial charge is 0.451 e. The van der Waals surface area contributed by atoms with Gasteiger partial charge in [-0.3, -0.25) is 4.79 Å². The first-order valence-electron chi connectivity index (χ1n) is 13.5. The smallest absolute Gasteiger partial charge is 0.306 e. The summed E-state index contributed by atoms with van der Waals surface area (Å²) in [5.74, 6) is -2.70. The second-order valence-electron chi connectivity index (χ2n) is 9.71. The fraction of sp³-hybridized carbons (Fsp3) is 0.323. The van der Waals surface area contributed by atoms with Crippen molar-refractivity contribution in [3.63, 3.8) is 0 Å². The van der Waals surface area contributed by atoms with Crippen LogP contribution in [0.5, 0.6) is 0 Å². The van der Waals surface area contributed by atoms with Crippen LogP contribution in [0.3, 0.4) is 0 Å². The summed E-state index contributed by atoms with van der Waals surface area (Å²) in [5, 5.41) is 12.2. The van der Waals surface area contributed by atoms with Crippen LogP contribution >= 0.6 is 11.8 Å². The summed E-state index contributed by atoms with van der Waals surface area (Å²) in [6.45, 7) is 5.97. The minimum atomic E-state index is -1.58. The monoisotopic (exact) mass is 611 g/mol. The van der Waals surface area contributed by atoms with Crippen molar-refractivity contribution in [1.82, 2.24) is 14.8 Å². The molecule has 2 heterocycles. The maximum absolute atomic E-state index is 15.3. The van der Waals surface area contributed by atoms with Crippen molar-refractivity contribution in [2.24, 2.45) is 0 Å². The molecule has 1 aliphatic heterocycles. The van der Waals surface area contributed by atoms with Gasteiger partial charge in [-0.2, -0.15) is 10.4 Å². The maximum atomic E-state index is 15.3. The zero-order valence-corrected chi connectivity index (χ0v) is 24.2. The molecule has 43 heavy (non-hydrogen) atoms. The molecule has 2 aromatic carbocycles. The zero-order chi connectivity index (χ0) is 30.8. The van der Waals surface area contributed by atoms with E-state index >= 15 is 4.39 Å². The predicted molar refractivity (Wildman–Crippen MR) is 155 cm³/mol. The topological polar surface area (TPSA) is 99.3 Å². The highest BCUT2D eigenvalue weighted by atomic mass is 32.2. The van der Waals surface area contributed by atoms with Crippen LogP contribution in [0, 0.1) is 35.7 Å². The third-order valence-electron chi connectivity index (χ3n) is 6.66. The molecule has 1 fully saturated rings. The molecule has 2 atom stereocenters. The van der Waals surface area contributed by atoms with Crippen LogP contribution in [0.1, 0.15) is 36.5 Å². The van der Waals surface area contributed by atoms with Crippen LogP contribution in [-0.4, -0.2) is 50.7 Å². The third-order valence-corrected chi connectivity index (χ3v) is 8.10. The Kier molecular flexibility index (Phi) is 11.2. The van der Waals surface area contributed by atoms with Crippen molar-refractivity contribution in [1.29, 1.82) is 5.26 Å². The van der Waals surface area contributed by atoms with Gasteiger partial charge in [0.15, 0.2) is 11.9 Å². The molecule has 8 nitrogen and oxygen atoms in total. The number of rotatable bonds is 12. The number of hydrogen-bond acceptors (Lipinski definition) is 8. The molecule has 0 aliphatic carbocycles. The van der Waals surface area contributed by atoms with E-state index in [2.05, 4.69) is 17.0 Å². The fourth-order valence-electron chi connectivity index (χ4n) is 4.52. The van der Waals surface area contributed by atoms with Crippen LogP contribution in [0.4, 0.5) is 13.2 Å². The molecular formula is C31H30F3N4O4S. The average Bonchev–Trinajstić information content (AvgIpc) is 3.49. The SMILES string of the molecule is [CH2]CCC(=O)O[C@@](Cn1cncn1)(c1ccc(F)cc1F)[C@@H](C)S[C@H]1CO[C@H](/C=C/C=C/c2ccc(C#N)cc2F)OC1. The molecule has 3 aromatic rings. The molecular weight excluding hydrogens is 581 g/mol. The summed E-state index contributed by atoms with van der Waals surface area (Å²) in [6, 6.07) is 9.27. The molecule has 1 saturated heterocycles. The van der Waals surface area contributed by atoms with Gasteiger partial charge in [0, 0.05) is 28.9 Å². The number of esters is 1. The van der Waals surface area contributed by atoms with E-state index in [1.165, 1.54) is 53.4 Å². The maximum Gasteiger partial charge on any atom is 0.306 e. The normalized spacial score (nSPS) is 19.3. The van der Waals surface area contributed by atoms with E-state index in [4.69, 9.17) is 19.5 Å². The summed E-state index contributed by atoms with van der Waals surface area (Å²) in [4.78, 5) is 16.8. The summed E-state index contributed by atoms with van der Waals surface area (Å²) in [5.41, 5.74) is -0.996. The Morgan fingerprint density at radius 1 is 1.23 bits per heavy atom. The van der Waals surface area contributed by atoms with Crippen LogP contribution in [-0.2, 0) is 31.2 Å². The van der Waals surface area contributed by atoms with Gasteiger partial charge in [-0.05, 0) is 43.7 Å².